The molecule has 1 aromatic rings. The molecule has 1 N–H and O–H groups in total. The van der Waals surface area contributed by atoms with Crippen molar-refractivity contribution in [3.05, 3.63) is 30.1 Å². The largest absolute Gasteiger partial charge is 0.333 e. The number of hydrogen-bond donors (Lipinski definition) is 1. The molecule has 22 heavy (non-hydrogen) atoms. The van der Waals surface area contributed by atoms with E-state index >= 15 is 0 Å². The number of amides is 3. The van der Waals surface area contributed by atoms with Crippen LogP contribution < -0.4 is 10.2 Å². The van der Waals surface area contributed by atoms with Gasteiger partial charge in [-0.05, 0) is 45.9 Å². The van der Waals surface area contributed by atoms with Crippen LogP contribution in [-0.4, -0.2) is 41.5 Å². The van der Waals surface area contributed by atoms with E-state index in [1.54, 1.807) is 19.1 Å². The van der Waals surface area contributed by atoms with Crippen LogP contribution in [0.3, 0.4) is 0 Å². The highest BCUT2D eigenvalue weighted by Crippen LogP contribution is 2.21. The van der Waals surface area contributed by atoms with Crippen LogP contribution >= 0.6 is 0 Å². The van der Waals surface area contributed by atoms with E-state index in [0.717, 1.165) is 0 Å². The number of benzene rings is 1. The molecule has 0 aromatic heterocycles. The minimum Gasteiger partial charge on any atom is -0.333 e. The summed E-state index contributed by atoms with van der Waals surface area (Å²) < 4.78 is 13.3. The summed E-state index contributed by atoms with van der Waals surface area (Å²) in [5.41, 5.74) is 0.159. The molecule has 5 nitrogen and oxygen atoms in total. The standard InChI is InChI=1S/C16H22FN3O2/c1-11-14(21)20(13-7-5-6-12(17)10-13)9-8-19(11)15(22)18-16(2,3)4/h5-7,10-11H,8-9H2,1-4H3,(H,18,22)/t11-/m0/s1. The molecule has 0 unspecified atom stereocenters. The van der Waals surface area contributed by atoms with Gasteiger partial charge in [0.1, 0.15) is 11.9 Å². The van der Waals surface area contributed by atoms with Crippen LogP contribution in [-0.2, 0) is 4.79 Å². The lowest BCUT2D eigenvalue weighted by atomic mass is 10.1. The lowest BCUT2D eigenvalue weighted by molar-refractivity contribution is -0.124. The molecule has 2 rings (SSSR count). The Hall–Kier alpha value is -2.11. The van der Waals surface area contributed by atoms with Crippen molar-refractivity contribution < 1.29 is 14.0 Å². The second kappa shape index (κ2) is 5.94. The minimum absolute atomic E-state index is 0.207. The highest BCUT2D eigenvalue weighted by atomic mass is 19.1. The fourth-order valence-electron chi connectivity index (χ4n) is 2.44. The number of carbonyl (C=O) groups is 2. The maximum Gasteiger partial charge on any atom is 0.318 e. The number of urea groups is 1. The zero-order valence-electron chi connectivity index (χ0n) is 13.4. The Labute approximate surface area is 130 Å². The van der Waals surface area contributed by atoms with Gasteiger partial charge < -0.3 is 15.1 Å². The highest BCUT2D eigenvalue weighted by Gasteiger charge is 2.35. The number of nitrogens with one attached hydrogen (secondary N) is 1. The fraction of sp³-hybridized carbons (Fsp3) is 0.500. The molecule has 1 aromatic carbocycles. The summed E-state index contributed by atoms with van der Waals surface area (Å²) in [6.07, 6.45) is 0. The molecule has 0 saturated carbocycles. The van der Waals surface area contributed by atoms with Gasteiger partial charge in [-0.25, -0.2) is 9.18 Å². The van der Waals surface area contributed by atoms with Crippen molar-refractivity contribution in [2.45, 2.75) is 39.3 Å². The van der Waals surface area contributed by atoms with Gasteiger partial charge in [0, 0.05) is 24.3 Å². The molecule has 6 heteroatoms. The average molecular weight is 307 g/mol. The van der Waals surface area contributed by atoms with E-state index in [-0.39, 0.29) is 23.3 Å². The quantitative estimate of drug-likeness (QED) is 0.866. The van der Waals surface area contributed by atoms with Crippen LogP contribution in [0.15, 0.2) is 24.3 Å². The third kappa shape index (κ3) is 3.55. The van der Waals surface area contributed by atoms with Crippen molar-refractivity contribution in [1.29, 1.82) is 0 Å². The Kier molecular flexibility index (Phi) is 4.39. The molecule has 0 spiro atoms. The van der Waals surface area contributed by atoms with E-state index < -0.39 is 6.04 Å². The summed E-state index contributed by atoms with van der Waals surface area (Å²) in [4.78, 5) is 27.8. The van der Waals surface area contributed by atoms with Crippen molar-refractivity contribution in [3.8, 4) is 0 Å². The predicted octanol–water partition coefficient (Wildman–Crippen LogP) is 2.37. The summed E-state index contributed by atoms with van der Waals surface area (Å²) in [6, 6.07) is 5.09. The van der Waals surface area contributed by atoms with Gasteiger partial charge in [0.25, 0.3) is 0 Å². The number of piperazine rings is 1. The zero-order chi connectivity index (χ0) is 16.5. The Bertz CT molecular complexity index is 583. The van der Waals surface area contributed by atoms with E-state index in [0.29, 0.717) is 18.8 Å². The first-order valence-corrected chi connectivity index (χ1v) is 7.35. The molecular formula is C16H22FN3O2. The fourth-order valence-corrected chi connectivity index (χ4v) is 2.44. The molecule has 0 radical (unpaired) electrons. The van der Waals surface area contributed by atoms with Crippen LogP contribution in [0.4, 0.5) is 14.9 Å². The zero-order valence-corrected chi connectivity index (χ0v) is 13.4. The van der Waals surface area contributed by atoms with Gasteiger partial charge in [0.2, 0.25) is 5.91 Å². The molecule has 3 amide bonds. The highest BCUT2D eigenvalue weighted by molar-refractivity contribution is 6.00. The molecule has 1 aliphatic rings. The first-order valence-electron chi connectivity index (χ1n) is 7.35. The maximum absolute atomic E-state index is 13.3. The number of hydrogen-bond acceptors (Lipinski definition) is 2. The van der Waals surface area contributed by atoms with Gasteiger partial charge in [-0.1, -0.05) is 6.07 Å². The second-order valence-electron chi connectivity index (χ2n) is 6.52. The van der Waals surface area contributed by atoms with Gasteiger partial charge in [-0.3, -0.25) is 4.79 Å². The van der Waals surface area contributed by atoms with E-state index in [2.05, 4.69) is 5.32 Å². The molecular weight excluding hydrogens is 285 g/mol. The number of rotatable bonds is 1. The van der Waals surface area contributed by atoms with Crippen LogP contribution in [0.5, 0.6) is 0 Å². The third-order valence-corrected chi connectivity index (χ3v) is 3.52. The smallest absolute Gasteiger partial charge is 0.318 e. The molecule has 1 aliphatic heterocycles. The number of carbonyl (C=O) groups excluding carboxylic acids is 2. The SMILES string of the molecule is C[C@H]1C(=O)N(c2cccc(F)c2)CCN1C(=O)NC(C)(C)C. The van der Waals surface area contributed by atoms with Gasteiger partial charge in [0.05, 0.1) is 0 Å². The van der Waals surface area contributed by atoms with Crippen LogP contribution in [0, 0.1) is 5.82 Å². The van der Waals surface area contributed by atoms with Crippen molar-refractivity contribution in [2.75, 3.05) is 18.0 Å². The Morgan fingerprint density at radius 3 is 2.59 bits per heavy atom. The van der Waals surface area contributed by atoms with E-state index in [4.69, 9.17) is 0 Å². The normalized spacial score (nSPS) is 19.3. The summed E-state index contributed by atoms with van der Waals surface area (Å²) in [6.45, 7) is 8.12. The molecule has 1 heterocycles. The molecule has 1 fully saturated rings. The van der Waals surface area contributed by atoms with E-state index in [9.17, 15) is 14.0 Å². The average Bonchev–Trinajstić information content (AvgIpc) is 2.39. The predicted molar refractivity (Wildman–Crippen MR) is 83.2 cm³/mol. The van der Waals surface area contributed by atoms with Gasteiger partial charge in [0.15, 0.2) is 0 Å². The minimum atomic E-state index is -0.584. The van der Waals surface area contributed by atoms with Crippen molar-refractivity contribution >= 4 is 17.6 Å². The molecule has 0 aliphatic carbocycles. The lowest BCUT2D eigenvalue weighted by Gasteiger charge is -2.40. The summed E-state index contributed by atoms with van der Waals surface area (Å²) in [5, 5.41) is 2.86. The van der Waals surface area contributed by atoms with Gasteiger partial charge in [-0.2, -0.15) is 0 Å². The lowest BCUT2D eigenvalue weighted by Crippen LogP contribution is -2.61. The Balaban J connectivity index is 2.13. The molecule has 0 bridgehead atoms. The number of nitrogens with zero attached hydrogens (tertiary/aromatic N) is 2. The van der Waals surface area contributed by atoms with Crippen LogP contribution in [0.25, 0.3) is 0 Å². The maximum atomic E-state index is 13.3. The third-order valence-electron chi connectivity index (χ3n) is 3.52. The van der Waals surface area contributed by atoms with Gasteiger partial charge in [-0.15, -0.1) is 0 Å². The summed E-state index contributed by atoms with van der Waals surface area (Å²) in [5.74, 6) is -0.591. The Morgan fingerprint density at radius 2 is 2.00 bits per heavy atom. The van der Waals surface area contributed by atoms with Crippen LogP contribution in [0.2, 0.25) is 0 Å². The van der Waals surface area contributed by atoms with Crippen molar-refractivity contribution in [3.63, 3.8) is 0 Å². The van der Waals surface area contributed by atoms with Crippen molar-refractivity contribution in [1.82, 2.24) is 10.2 Å². The van der Waals surface area contributed by atoms with E-state index in [1.807, 2.05) is 20.8 Å². The second-order valence-corrected chi connectivity index (χ2v) is 6.52. The first-order chi connectivity index (χ1) is 10.2. The number of halogens is 1. The number of anilines is 1. The first kappa shape index (κ1) is 16.3. The monoisotopic (exact) mass is 307 g/mol. The topological polar surface area (TPSA) is 52.7 Å². The molecule has 1 atom stereocenters. The van der Waals surface area contributed by atoms with Crippen LogP contribution in [0.1, 0.15) is 27.7 Å². The molecule has 120 valence electrons. The Morgan fingerprint density at radius 1 is 1.32 bits per heavy atom. The summed E-state index contributed by atoms with van der Waals surface area (Å²) in [7, 11) is 0. The van der Waals surface area contributed by atoms with Gasteiger partial charge >= 0.3 is 6.03 Å². The summed E-state index contributed by atoms with van der Waals surface area (Å²) >= 11 is 0. The van der Waals surface area contributed by atoms with Crippen molar-refractivity contribution in [2.24, 2.45) is 0 Å². The molecule has 1 saturated heterocycles. The van der Waals surface area contributed by atoms with E-state index in [1.165, 1.54) is 21.9 Å².